The average molecular weight is 322 g/mol. The maximum Gasteiger partial charge on any atom is 0.328 e. The van der Waals surface area contributed by atoms with Gasteiger partial charge in [-0.15, -0.1) is 0 Å². The van der Waals surface area contributed by atoms with Crippen LogP contribution in [-0.4, -0.2) is 21.3 Å². The van der Waals surface area contributed by atoms with E-state index < -0.39 is 5.69 Å². The van der Waals surface area contributed by atoms with Crippen molar-refractivity contribution < 1.29 is 5.11 Å². The molecule has 0 saturated carbocycles. The molecule has 0 aromatic carbocycles. The summed E-state index contributed by atoms with van der Waals surface area (Å²) < 4.78 is 1.84. The molecule has 0 radical (unpaired) electrons. The van der Waals surface area contributed by atoms with Crippen molar-refractivity contribution in [2.45, 2.75) is 13.5 Å². The number of aliphatic hydroxyl groups is 1. The molecule has 0 aliphatic carbocycles. The number of hydrogen-bond acceptors (Lipinski definition) is 3. The Balaban J connectivity index is 3.02. The average Bonchev–Trinajstić information content (AvgIpc) is 2.21. The molecule has 0 aliphatic heterocycles. The predicted octanol–water partition coefficient (Wildman–Crippen LogP) is 0.0798. The zero-order chi connectivity index (χ0) is 11.4. The van der Waals surface area contributed by atoms with Crippen LogP contribution >= 0.6 is 22.6 Å². The number of rotatable bonds is 3. The molecule has 0 unspecified atom stereocenters. The topological polar surface area (TPSA) is 75.1 Å². The van der Waals surface area contributed by atoms with Gasteiger partial charge in [0, 0.05) is 12.7 Å². The van der Waals surface area contributed by atoms with Gasteiger partial charge in [0.1, 0.15) is 0 Å². The third-order valence-corrected chi connectivity index (χ3v) is 2.62. The number of nitrogens with one attached hydrogen (secondary N) is 1. The first kappa shape index (κ1) is 12.2. The lowest BCUT2D eigenvalue weighted by molar-refractivity contribution is 0.330. The number of nitrogens with zero attached hydrogens (tertiary/aromatic N) is 1. The maximum atomic E-state index is 11.3. The molecular weight excluding hydrogens is 311 g/mol. The van der Waals surface area contributed by atoms with Crippen LogP contribution in [0.2, 0.25) is 0 Å². The summed E-state index contributed by atoms with van der Waals surface area (Å²) >= 11 is 1.86. The molecule has 0 saturated heterocycles. The number of allylic oxidation sites excluding steroid dienone is 1. The molecule has 82 valence electrons. The normalized spacial score (nSPS) is 11.8. The monoisotopic (exact) mass is 322 g/mol. The Labute approximate surface area is 99.6 Å². The minimum absolute atomic E-state index is 0.0325. The summed E-state index contributed by atoms with van der Waals surface area (Å²) in [5, 5.41) is 8.77. The van der Waals surface area contributed by atoms with Gasteiger partial charge in [-0.25, -0.2) is 4.79 Å². The highest BCUT2D eigenvalue weighted by molar-refractivity contribution is 14.1. The lowest BCUT2D eigenvalue weighted by Crippen LogP contribution is -2.30. The molecular formula is C9H11IN2O3. The highest BCUT2D eigenvalue weighted by Gasteiger charge is 1.99. The largest absolute Gasteiger partial charge is 0.392 e. The van der Waals surface area contributed by atoms with E-state index in [0.29, 0.717) is 10.1 Å². The van der Waals surface area contributed by atoms with Crippen LogP contribution in [0.25, 0.3) is 0 Å². The van der Waals surface area contributed by atoms with Crippen molar-refractivity contribution in [3.05, 3.63) is 42.3 Å². The number of hydrogen-bond donors (Lipinski definition) is 2. The van der Waals surface area contributed by atoms with E-state index in [9.17, 15) is 9.59 Å². The molecule has 1 heterocycles. The Bertz CT molecular complexity index is 487. The van der Waals surface area contributed by atoms with Crippen molar-refractivity contribution >= 4 is 22.6 Å². The second-order valence-corrected chi connectivity index (χ2v) is 4.26. The van der Waals surface area contributed by atoms with Gasteiger partial charge in [-0.2, -0.15) is 0 Å². The van der Waals surface area contributed by atoms with Crippen LogP contribution in [0, 0.1) is 3.57 Å². The summed E-state index contributed by atoms with van der Waals surface area (Å²) in [5.41, 5.74) is -0.0368. The number of aromatic nitrogens is 2. The Morgan fingerprint density at radius 3 is 2.93 bits per heavy atom. The van der Waals surface area contributed by atoms with Crippen LogP contribution in [0.15, 0.2) is 27.4 Å². The van der Waals surface area contributed by atoms with Gasteiger partial charge in [-0.3, -0.25) is 14.3 Å². The third-order valence-electron chi connectivity index (χ3n) is 1.85. The van der Waals surface area contributed by atoms with E-state index in [1.807, 2.05) is 22.6 Å². The fraction of sp³-hybridized carbons (Fsp3) is 0.333. The van der Waals surface area contributed by atoms with Crippen LogP contribution in [0.5, 0.6) is 0 Å². The molecule has 2 N–H and O–H groups in total. The first-order valence-corrected chi connectivity index (χ1v) is 5.38. The molecule has 0 spiro atoms. The Kier molecular flexibility index (Phi) is 4.28. The Morgan fingerprint density at radius 1 is 1.67 bits per heavy atom. The zero-order valence-corrected chi connectivity index (χ0v) is 10.3. The van der Waals surface area contributed by atoms with Crippen molar-refractivity contribution in [3.8, 4) is 0 Å². The van der Waals surface area contributed by atoms with Gasteiger partial charge in [-0.05, 0) is 29.5 Å². The van der Waals surface area contributed by atoms with Gasteiger partial charge in [0.05, 0.1) is 10.2 Å². The van der Waals surface area contributed by atoms with Crippen LogP contribution in [-0.2, 0) is 6.54 Å². The van der Waals surface area contributed by atoms with Crippen molar-refractivity contribution in [2.75, 3.05) is 6.61 Å². The Morgan fingerprint density at radius 2 is 2.33 bits per heavy atom. The summed E-state index contributed by atoms with van der Waals surface area (Å²) in [4.78, 5) is 24.6. The molecule has 0 amide bonds. The van der Waals surface area contributed by atoms with Gasteiger partial charge >= 0.3 is 5.69 Å². The van der Waals surface area contributed by atoms with Crippen LogP contribution < -0.4 is 11.2 Å². The molecule has 0 atom stereocenters. The molecule has 0 aliphatic rings. The summed E-state index contributed by atoms with van der Waals surface area (Å²) in [6.07, 6.45) is 3.22. The standard InChI is InChI=1S/C9H11IN2O3/c1-6(5-13)2-3-12-4-7(10)8(14)11-9(12)15/h2,4,13H,3,5H2,1H3,(H,11,14,15)/b6-2+. The molecule has 0 bridgehead atoms. The van der Waals surface area contributed by atoms with Gasteiger partial charge in [0.25, 0.3) is 5.56 Å². The Hall–Kier alpha value is -0.890. The minimum atomic E-state index is -0.442. The van der Waals surface area contributed by atoms with E-state index >= 15 is 0 Å². The molecule has 5 nitrogen and oxygen atoms in total. The number of aromatic amines is 1. The zero-order valence-electron chi connectivity index (χ0n) is 8.16. The van der Waals surface area contributed by atoms with E-state index in [0.717, 1.165) is 5.57 Å². The van der Waals surface area contributed by atoms with Crippen molar-refractivity contribution in [3.63, 3.8) is 0 Å². The SMILES string of the molecule is C/C(=C\Cn1cc(I)c(=O)[nH]c1=O)CO. The van der Waals surface area contributed by atoms with E-state index in [1.165, 1.54) is 10.8 Å². The summed E-state index contributed by atoms with van der Waals surface area (Å²) in [6, 6.07) is 0. The molecule has 1 aromatic rings. The quantitative estimate of drug-likeness (QED) is 0.611. The van der Waals surface area contributed by atoms with Crippen molar-refractivity contribution in [2.24, 2.45) is 0 Å². The minimum Gasteiger partial charge on any atom is -0.392 e. The highest BCUT2D eigenvalue weighted by atomic mass is 127. The highest BCUT2D eigenvalue weighted by Crippen LogP contribution is 1.95. The number of halogens is 1. The van der Waals surface area contributed by atoms with Gasteiger partial charge < -0.3 is 5.11 Å². The van der Waals surface area contributed by atoms with Gasteiger partial charge in [-0.1, -0.05) is 11.6 Å². The van der Waals surface area contributed by atoms with Crippen LogP contribution in [0.4, 0.5) is 0 Å². The molecule has 1 aromatic heterocycles. The van der Waals surface area contributed by atoms with Gasteiger partial charge in [0.15, 0.2) is 0 Å². The van der Waals surface area contributed by atoms with Crippen molar-refractivity contribution in [1.29, 1.82) is 0 Å². The first-order valence-electron chi connectivity index (χ1n) is 4.30. The third kappa shape index (κ3) is 3.31. The number of aliphatic hydroxyl groups excluding tert-OH is 1. The van der Waals surface area contributed by atoms with E-state index in [4.69, 9.17) is 5.11 Å². The smallest absolute Gasteiger partial charge is 0.328 e. The van der Waals surface area contributed by atoms with Crippen molar-refractivity contribution in [1.82, 2.24) is 9.55 Å². The van der Waals surface area contributed by atoms with Crippen LogP contribution in [0.1, 0.15) is 6.92 Å². The second-order valence-electron chi connectivity index (χ2n) is 3.10. The fourth-order valence-electron chi connectivity index (χ4n) is 0.937. The maximum absolute atomic E-state index is 11.3. The molecule has 6 heteroatoms. The lowest BCUT2D eigenvalue weighted by atomic mass is 10.3. The van der Waals surface area contributed by atoms with E-state index in [2.05, 4.69) is 4.98 Å². The predicted molar refractivity (Wildman–Crippen MR) is 64.9 cm³/mol. The summed E-state index contributed by atoms with van der Waals surface area (Å²) in [7, 11) is 0. The molecule has 0 fully saturated rings. The number of H-pyrrole nitrogens is 1. The summed E-state index contributed by atoms with van der Waals surface area (Å²) in [6.45, 7) is 2.08. The molecule has 1 rings (SSSR count). The lowest BCUT2D eigenvalue weighted by Gasteiger charge is -2.02. The van der Waals surface area contributed by atoms with Gasteiger partial charge in [0.2, 0.25) is 0 Å². The van der Waals surface area contributed by atoms with E-state index in [-0.39, 0.29) is 12.2 Å². The van der Waals surface area contributed by atoms with Crippen LogP contribution in [0.3, 0.4) is 0 Å². The van der Waals surface area contributed by atoms with E-state index in [1.54, 1.807) is 13.0 Å². The molecule has 15 heavy (non-hydrogen) atoms. The fourth-order valence-corrected chi connectivity index (χ4v) is 1.41. The summed E-state index contributed by atoms with van der Waals surface area (Å²) in [5.74, 6) is 0. The second kappa shape index (κ2) is 5.26. The first-order chi connectivity index (χ1) is 7.04.